The van der Waals surface area contributed by atoms with Crippen molar-refractivity contribution in [1.29, 1.82) is 0 Å². The lowest BCUT2D eigenvalue weighted by molar-refractivity contribution is -0.0168. The normalized spacial score (nSPS) is 12.7. The lowest BCUT2D eigenvalue weighted by Crippen LogP contribution is -2.48. The van der Waals surface area contributed by atoms with Crippen molar-refractivity contribution in [3.63, 3.8) is 0 Å². The molecule has 0 saturated carbocycles. The lowest BCUT2D eigenvalue weighted by Gasteiger charge is -2.43. The summed E-state index contributed by atoms with van der Waals surface area (Å²) >= 11 is 1.70. The molecule has 0 unspecified atom stereocenters. The molecule has 0 amide bonds. The van der Waals surface area contributed by atoms with Gasteiger partial charge in [-0.2, -0.15) is 5.10 Å². The van der Waals surface area contributed by atoms with Crippen molar-refractivity contribution in [1.82, 2.24) is 14.6 Å². The van der Waals surface area contributed by atoms with E-state index in [0.717, 1.165) is 34.5 Å². The Bertz CT molecular complexity index is 870. The van der Waals surface area contributed by atoms with E-state index in [1.807, 2.05) is 29.0 Å². The van der Waals surface area contributed by atoms with Gasteiger partial charge in [-0.1, -0.05) is 40.1 Å². The number of aromatic nitrogens is 3. The number of hydrogen-bond acceptors (Lipinski definition) is 4. The molecule has 3 aromatic rings. The Kier molecular flexibility index (Phi) is 5.27. The van der Waals surface area contributed by atoms with Crippen LogP contribution in [0.5, 0.6) is 0 Å². The molecule has 4 nitrogen and oxygen atoms in total. The Hall–Kier alpha value is -1.66. The van der Waals surface area contributed by atoms with Gasteiger partial charge in [-0.3, -0.25) is 0 Å². The number of fused-ring (bicyclic) bond motifs is 1. The Labute approximate surface area is 160 Å². The molecule has 0 spiro atoms. The van der Waals surface area contributed by atoms with Crippen molar-refractivity contribution >= 4 is 29.4 Å². The van der Waals surface area contributed by atoms with Gasteiger partial charge in [0.15, 0.2) is 5.65 Å². The van der Waals surface area contributed by atoms with Crippen LogP contribution in [0.15, 0.2) is 36.0 Å². The van der Waals surface area contributed by atoms with E-state index < -0.39 is 0 Å². The average Bonchev–Trinajstić information content (AvgIpc) is 3.23. The summed E-state index contributed by atoms with van der Waals surface area (Å²) in [7, 11) is 0. The fourth-order valence-corrected chi connectivity index (χ4v) is 4.02. The van der Waals surface area contributed by atoms with E-state index in [2.05, 4.69) is 58.0 Å². The minimum atomic E-state index is -0.248. The summed E-state index contributed by atoms with van der Waals surface area (Å²) in [4.78, 5) is 6.02. The predicted molar refractivity (Wildman–Crippen MR) is 111 cm³/mol. The second-order valence-electron chi connectivity index (χ2n) is 8.06. The van der Waals surface area contributed by atoms with Crippen molar-refractivity contribution in [3.05, 3.63) is 36.0 Å². The highest BCUT2D eigenvalue weighted by Crippen LogP contribution is 2.38. The molecule has 0 saturated heterocycles. The van der Waals surface area contributed by atoms with E-state index in [9.17, 15) is 0 Å². The van der Waals surface area contributed by atoms with Crippen LogP contribution in [-0.2, 0) is 4.65 Å². The molecule has 3 heterocycles. The molecule has 0 aliphatic carbocycles. The number of thiophene rings is 1. The van der Waals surface area contributed by atoms with Gasteiger partial charge >= 0.3 is 6.92 Å². The van der Waals surface area contributed by atoms with E-state index in [0.29, 0.717) is 0 Å². The fourth-order valence-electron chi connectivity index (χ4n) is 3.33. The summed E-state index contributed by atoms with van der Waals surface area (Å²) in [5.41, 5.74) is 2.72. The van der Waals surface area contributed by atoms with Gasteiger partial charge in [-0.25, -0.2) is 9.50 Å². The second-order valence-corrected chi connectivity index (χ2v) is 9.01. The molecule has 26 heavy (non-hydrogen) atoms. The third kappa shape index (κ3) is 3.58. The summed E-state index contributed by atoms with van der Waals surface area (Å²) < 4.78 is 8.38. The summed E-state index contributed by atoms with van der Waals surface area (Å²) in [6, 6.07) is 6.15. The molecule has 0 aromatic carbocycles. The average molecular weight is 369 g/mol. The molecule has 0 N–H and O–H groups in total. The minimum Gasteiger partial charge on any atom is -0.426 e. The van der Waals surface area contributed by atoms with Crippen molar-refractivity contribution in [2.75, 3.05) is 0 Å². The Morgan fingerprint density at radius 1 is 1.23 bits per heavy atom. The molecular weight excluding hydrogens is 341 g/mol. The van der Waals surface area contributed by atoms with Crippen LogP contribution in [0.2, 0.25) is 6.82 Å². The topological polar surface area (TPSA) is 39.4 Å². The summed E-state index contributed by atoms with van der Waals surface area (Å²) in [5.74, 6) is 0. The highest BCUT2D eigenvalue weighted by molar-refractivity contribution is 7.13. The predicted octanol–water partition coefficient (Wildman–Crippen LogP) is 4.91. The van der Waals surface area contributed by atoms with Crippen LogP contribution in [0.1, 0.15) is 47.5 Å². The van der Waals surface area contributed by atoms with Crippen molar-refractivity contribution < 1.29 is 4.65 Å². The monoisotopic (exact) mass is 369 g/mol. The first kappa shape index (κ1) is 19.1. The van der Waals surface area contributed by atoms with Crippen LogP contribution in [0.4, 0.5) is 0 Å². The molecule has 3 rings (SSSR count). The molecular formula is C20H28BN3OS. The summed E-state index contributed by atoms with van der Waals surface area (Å²) in [6.07, 6.45) is 6.13. The summed E-state index contributed by atoms with van der Waals surface area (Å²) in [6.45, 7) is 13.2. The first-order valence-corrected chi connectivity index (χ1v) is 10.2. The molecule has 0 bridgehead atoms. The Morgan fingerprint density at radius 3 is 2.65 bits per heavy atom. The molecule has 138 valence electrons. The largest absolute Gasteiger partial charge is 0.426 e. The SMILES string of the molecule is CCCC(C)(C)C(C)(C)OB(C)c1cnn2ccc(-c3cccs3)nc12. The number of rotatable bonds is 7. The third-order valence-electron chi connectivity index (χ3n) is 5.58. The molecule has 0 aliphatic rings. The first-order valence-electron chi connectivity index (χ1n) is 9.31. The number of nitrogens with zero attached hydrogens (tertiary/aromatic N) is 3. The van der Waals surface area contributed by atoms with E-state index in [4.69, 9.17) is 9.64 Å². The fraction of sp³-hybridized carbons (Fsp3) is 0.500. The van der Waals surface area contributed by atoms with Crippen molar-refractivity contribution in [2.24, 2.45) is 5.41 Å². The van der Waals surface area contributed by atoms with E-state index in [1.54, 1.807) is 11.3 Å². The zero-order valence-corrected chi connectivity index (χ0v) is 17.4. The Balaban J connectivity index is 1.91. The third-order valence-corrected chi connectivity index (χ3v) is 6.48. The maximum Gasteiger partial charge on any atom is 0.329 e. The maximum absolute atomic E-state index is 6.55. The van der Waals surface area contributed by atoms with Gasteiger partial charge in [0.05, 0.1) is 16.2 Å². The van der Waals surface area contributed by atoms with Crippen molar-refractivity contribution in [2.45, 2.75) is 59.9 Å². The Morgan fingerprint density at radius 2 is 2.00 bits per heavy atom. The van der Waals surface area contributed by atoms with Crippen LogP contribution in [0.25, 0.3) is 16.2 Å². The summed E-state index contributed by atoms with van der Waals surface area (Å²) in [5, 5.41) is 6.54. The van der Waals surface area contributed by atoms with Gasteiger partial charge in [0.25, 0.3) is 0 Å². The molecule has 3 aromatic heterocycles. The van der Waals surface area contributed by atoms with Crippen LogP contribution in [-0.4, -0.2) is 27.1 Å². The van der Waals surface area contributed by atoms with Gasteiger partial charge in [-0.15, -0.1) is 11.3 Å². The van der Waals surface area contributed by atoms with Gasteiger partial charge in [0, 0.05) is 17.9 Å². The van der Waals surface area contributed by atoms with E-state index >= 15 is 0 Å². The van der Waals surface area contributed by atoms with Crippen molar-refractivity contribution in [3.8, 4) is 10.6 Å². The minimum absolute atomic E-state index is 0.0790. The molecule has 0 radical (unpaired) electrons. The second kappa shape index (κ2) is 7.16. The standard InChI is InChI=1S/C20H28BN3OS/c1-7-11-19(2,3)20(4,5)25-21(6)15-14-22-24-12-10-16(23-18(15)24)17-9-8-13-26-17/h8-10,12-14H,7,11H2,1-6H3. The van der Waals surface area contributed by atoms with Crippen LogP contribution < -0.4 is 5.46 Å². The molecule has 0 fully saturated rings. The van der Waals surface area contributed by atoms with Crippen LogP contribution in [0, 0.1) is 5.41 Å². The van der Waals surface area contributed by atoms with Gasteiger partial charge < -0.3 is 4.65 Å². The first-order chi connectivity index (χ1) is 12.2. The van der Waals surface area contributed by atoms with Crippen LogP contribution in [0.3, 0.4) is 0 Å². The smallest absolute Gasteiger partial charge is 0.329 e. The van der Waals surface area contributed by atoms with E-state index in [-0.39, 0.29) is 17.9 Å². The quantitative estimate of drug-likeness (QED) is 0.556. The zero-order chi connectivity index (χ0) is 18.9. The van der Waals surface area contributed by atoms with Gasteiger partial charge in [-0.05, 0) is 43.2 Å². The van der Waals surface area contributed by atoms with Crippen LogP contribution >= 0.6 is 11.3 Å². The molecule has 0 atom stereocenters. The van der Waals surface area contributed by atoms with Gasteiger partial charge in [0.1, 0.15) is 0 Å². The van der Waals surface area contributed by atoms with Gasteiger partial charge in [0.2, 0.25) is 0 Å². The number of hydrogen-bond donors (Lipinski definition) is 0. The van der Waals surface area contributed by atoms with E-state index in [1.165, 1.54) is 0 Å². The highest BCUT2D eigenvalue weighted by Gasteiger charge is 2.39. The molecule has 6 heteroatoms. The maximum atomic E-state index is 6.55. The zero-order valence-electron chi connectivity index (χ0n) is 16.6. The lowest BCUT2D eigenvalue weighted by atomic mass is 9.62. The highest BCUT2D eigenvalue weighted by atomic mass is 32.1. The molecule has 0 aliphatic heterocycles.